The van der Waals surface area contributed by atoms with Crippen LogP contribution in [-0.2, 0) is 0 Å². The number of rotatable bonds is 3. The first kappa shape index (κ1) is 15.5. The third-order valence-corrected chi connectivity index (χ3v) is 4.29. The minimum Gasteiger partial charge on any atom is -0.206 e. The van der Waals surface area contributed by atoms with E-state index >= 15 is 0 Å². The van der Waals surface area contributed by atoms with Crippen molar-refractivity contribution in [2.45, 2.75) is 53.3 Å². The summed E-state index contributed by atoms with van der Waals surface area (Å²) in [7, 11) is 0. The van der Waals surface area contributed by atoms with E-state index in [-0.39, 0.29) is 16.6 Å². The van der Waals surface area contributed by atoms with Crippen LogP contribution in [-0.4, -0.2) is 0 Å². The van der Waals surface area contributed by atoms with Crippen molar-refractivity contribution in [2.24, 2.45) is 11.3 Å². The molecule has 0 radical (unpaired) electrons. The maximum absolute atomic E-state index is 13.6. The molecule has 0 heterocycles. The van der Waals surface area contributed by atoms with E-state index in [1.165, 1.54) is 0 Å². The Morgan fingerprint density at radius 3 is 2.00 bits per heavy atom. The van der Waals surface area contributed by atoms with Gasteiger partial charge < -0.3 is 0 Å². The number of halogens is 2. The highest BCUT2D eigenvalue weighted by molar-refractivity contribution is 6.20. The summed E-state index contributed by atoms with van der Waals surface area (Å²) in [5, 5.41) is -0.0442. The molecule has 0 amide bonds. The van der Waals surface area contributed by atoms with Crippen LogP contribution in [0.25, 0.3) is 0 Å². The van der Waals surface area contributed by atoms with Crippen molar-refractivity contribution in [1.29, 1.82) is 0 Å². The molecular weight excluding hydrogens is 247 g/mol. The maximum Gasteiger partial charge on any atom is 0.129 e. The van der Waals surface area contributed by atoms with Gasteiger partial charge in [-0.2, -0.15) is 0 Å². The molecule has 0 N–H and O–H groups in total. The van der Waals surface area contributed by atoms with Gasteiger partial charge in [0.1, 0.15) is 5.82 Å². The minimum atomic E-state index is -0.119. The number of benzene rings is 1. The summed E-state index contributed by atoms with van der Waals surface area (Å²) in [5.74, 6) is 0.400. The monoisotopic (exact) mass is 270 g/mol. The van der Waals surface area contributed by atoms with Crippen molar-refractivity contribution in [3.8, 4) is 0 Å². The fraction of sp³-hybridized carbons (Fsp3) is 0.625. The second-order valence-corrected chi connectivity index (χ2v) is 6.97. The van der Waals surface area contributed by atoms with E-state index in [4.69, 9.17) is 11.6 Å². The highest BCUT2D eigenvalue weighted by atomic mass is 35.5. The van der Waals surface area contributed by atoms with E-state index in [0.717, 1.165) is 12.0 Å². The molecule has 1 aromatic carbocycles. The summed E-state index contributed by atoms with van der Waals surface area (Å²) in [6.07, 6.45) is 0.912. The Bertz CT molecular complexity index is 395. The normalized spacial score (nSPS) is 15.6. The summed E-state index contributed by atoms with van der Waals surface area (Å²) in [4.78, 5) is 0. The Morgan fingerprint density at radius 2 is 1.61 bits per heavy atom. The molecule has 0 spiro atoms. The average Bonchev–Trinajstić information content (AvgIpc) is 2.23. The molecule has 18 heavy (non-hydrogen) atoms. The number of hydrogen-bond acceptors (Lipinski definition) is 0. The van der Waals surface area contributed by atoms with Gasteiger partial charge in [0.25, 0.3) is 0 Å². The van der Waals surface area contributed by atoms with E-state index in [0.29, 0.717) is 17.0 Å². The lowest BCUT2D eigenvalue weighted by molar-refractivity contribution is 0.245. The van der Waals surface area contributed by atoms with Gasteiger partial charge in [-0.15, -0.1) is 11.6 Å². The largest absolute Gasteiger partial charge is 0.206 e. The summed E-state index contributed by atoms with van der Waals surface area (Å²) in [5.41, 5.74) is 2.64. The average molecular weight is 271 g/mol. The van der Waals surface area contributed by atoms with Crippen LogP contribution in [0, 0.1) is 31.0 Å². The van der Waals surface area contributed by atoms with Crippen LogP contribution in [0.3, 0.4) is 0 Å². The van der Waals surface area contributed by atoms with Gasteiger partial charge in [0.05, 0.1) is 5.38 Å². The molecule has 0 saturated heterocycles. The first-order chi connectivity index (χ1) is 8.12. The Hall–Kier alpha value is -0.560. The van der Waals surface area contributed by atoms with Crippen molar-refractivity contribution in [3.63, 3.8) is 0 Å². The first-order valence-electron chi connectivity index (χ1n) is 6.53. The third-order valence-electron chi connectivity index (χ3n) is 3.86. The SMILES string of the molecule is Cc1cc(C(Cl)CC(C)C(C)(C)C)cc(C)c1F. The molecule has 2 unspecified atom stereocenters. The third kappa shape index (κ3) is 3.71. The van der Waals surface area contributed by atoms with Crippen molar-refractivity contribution >= 4 is 11.6 Å². The van der Waals surface area contributed by atoms with Crippen LogP contribution >= 0.6 is 11.6 Å². The fourth-order valence-electron chi connectivity index (χ4n) is 1.96. The lowest BCUT2D eigenvalue weighted by Gasteiger charge is -2.29. The maximum atomic E-state index is 13.6. The van der Waals surface area contributed by atoms with Crippen LogP contribution in [0.2, 0.25) is 0 Å². The molecule has 0 aliphatic heterocycles. The summed E-state index contributed by atoms with van der Waals surface area (Å²) in [6.45, 7) is 12.5. The van der Waals surface area contributed by atoms with Gasteiger partial charge in [-0.3, -0.25) is 0 Å². The number of aryl methyl sites for hydroxylation is 2. The highest BCUT2D eigenvalue weighted by Gasteiger charge is 2.23. The second kappa shape index (κ2) is 5.61. The number of alkyl halides is 1. The van der Waals surface area contributed by atoms with Gasteiger partial charge in [-0.1, -0.05) is 39.8 Å². The van der Waals surface area contributed by atoms with E-state index in [2.05, 4.69) is 27.7 Å². The molecule has 2 heteroatoms. The lowest BCUT2D eigenvalue weighted by atomic mass is 9.78. The number of hydrogen-bond donors (Lipinski definition) is 0. The molecule has 102 valence electrons. The Morgan fingerprint density at radius 1 is 1.17 bits per heavy atom. The predicted molar refractivity (Wildman–Crippen MR) is 77.7 cm³/mol. The van der Waals surface area contributed by atoms with Crippen LogP contribution in [0.4, 0.5) is 4.39 Å². The minimum absolute atomic E-state index is 0.0442. The van der Waals surface area contributed by atoms with Crippen LogP contribution in [0.15, 0.2) is 12.1 Å². The van der Waals surface area contributed by atoms with Gasteiger partial charge in [-0.05, 0) is 48.3 Å². The Labute approximate surface area is 116 Å². The summed E-state index contributed by atoms with van der Waals surface area (Å²) in [6, 6.07) is 3.74. The van der Waals surface area contributed by atoms with Gasteiger partial charge >= 0.3 is 0 Å². The summed E-state index contributed by atoms with van der Waals surface area (Å²) >= 11 is 6.48. The van der Waals surface area contributed by atoms with Gasteiger partial charge in [-0.25, -0.2) is 4.39 Å². The molecule has 0 nitrogen and oxygen atoms in total. The quantitative estimate of drug-likeness (QED) is 0.610. The van der Waals surface area contributed by atoms with Crippen molar-refractivity contribution < 1.29 is 4.39 Å². The molecule has 0 aliphatic rings. The molecule has 0 fully saturated rings. The molecular formula is C16H24ClF. The Balaban J connectivity index is 2.88. The van der Waals surface area contributed by atoms with Gasteiger partial charge in [0.15, 0.2) is 0 Å². The molecule has 0 bridgehead atoms. The van der Waals surface area contributed by atoms with Crippen molar-refractivity contribution in [2.75, 3.05) is 0 Å². The zero-order chi connectivity index (χ0) is 14.1. The molecule has 1 rings (SSSR count). The summed E-state index contributed by atoms with van der Waals surface area (Å²) < 4.78 is 13.6. The van der Waals surface area contributed by atoms with Crippen LogP contribution in [0.5, 0.6) is 0 Å². The Kier molecular flexibility index (Phi) is 4.83. The lowest BCUT2D eigenvalue weighted by Crippen LogP contribution is -2.18. The zero-order valence-corrected chi connectivity index (χ0v) is 13.0. The van der Waals surface area contributed by atoms with E-state index in [9.17, 15) is 4.39 Å². The smallest absolute Gasteiger partial charge is 0.129 e. The topological polar surface area (TPSA) is 0 Å². The standard InChI is InChI=1S/C16H24ClF/c1-10-7-13(8-11(2)15(10)18)14(17)9-12(3)16(4,5)6/h7-8,12,14H,9H2,1-6H3. The van der Waals surface area contributed by atoms with E-state index < -0.39 is 0 Å². The first-order valence-corrected chi connectivity index (χ1v) is 6.97. The van der Waals surface area contributed by atoms with E-state index in [1.54, 1.807) is 13.8 Å². The van der Waals surface area contributed by atoms with Crippen molar-refractivity contribution in [3.05, 3.63) is 34.6 Å². The molecule has 2 atom stereocenters. The zero-order valence-electron chi connectivity index (χ0n) is 12.3. The highest BCUT2D eigenvalue weighted by Crippen LogP contribution is 2.37. The van der Waals surface area contributed by atoms with Crippen LogP contribution in [0.1, 0.15) is 56.2 Å². The second-order valence-electron chi connectivity index (χ2n) is 6.44. The van der Waals surface area contributed by atoms with E-state index in [1.807, 2.05) is 12.1 Å². The molecule has 0 saturated carbocycles. The van der Waals surface area contributed by atoms with Gasteiger partial charge in [0.2, 0.25) is 0 Å². The van der Waals surface area contributed by atoms with Crippen LogP contribution < -0.4 is 0 Å². The fourth-order valence-corrected chi connectivity index (χ4v) is 2.35. The predicted octanol–water partition coefficient (Wildman–Crippen LogP) is 5.79. The van der Waals surface area contributed by atoms with Gasteiger partial charge in [0, 0.05) is 0 Å². The molecule has 0 aromatic heterocycles. The van der Waals surface area contributed by atoms with Crippen molar-refractivity contribution in [1.82, 2.24) is 0 Å². The molecule has 0 aliphatic carbocycles. The molecule has 1 aromatic rings.